The van der Waals surface area contributed by atoms with E-state index in [0.29, 0.717) is 48.9 Å². The summed E-state index contributed by atoms with van der Waals surface area (Å²) in [5, 5.41) is 11.5. The van der Waals surface area contributed by atoms with E-state index in [-0.39, 0.29) is 11.5 Å². The van der Waals surface area contributed by atoms with Crippen LogP contribution in [0, 0.1) is 0 Å². The first-order valence-electron chi connectivity index (χ1n) is 8.82. The van der Waals surface area contributed by atoms with E-state index in [2.05, 4.69) is 4.98 Å². The van der Waals surface area contributed by atoms with Gasteiger partial charge in [0, 0.05) is 36.7 Å². The van der Waals surface area contributed by atoms with Crippen LogP contribution in [-0.2, 0) is 4.74 Å². The number of hydrogen-bond acceptors (Lipinski definition) is 4. The standard InChI is InChI=1S/C19H22N2O4/c22-16-6-3-11-25-19(16)7-9-21(10-8-19)18(24)15-12-20-17(23)14-5-2-1-4-13(14)15/h1-2,4-5,12,16,22H,3,6-11H2,(H,20,23)/t16-/m0/s1. The van der Waals surface area contributed by atoms with Gasteiger partial charge in [-0.2, -0.15) is 0 Å². The number of carbonyl (C=O) groups is 1. The Balaban J connectivity index is 1.57. The smallest absolute Gasteiger partial charge is 0.255 e. The molecule has 4 rings (SSSR count). The van der Waals surface area contributed by atoms with Crippen molar-refractivity contribution in [3.63, 3.8) is 0 Å². The quantitative estimate of drug-likeness (QED) is 0.826. The number of nitrogens with one attached hydrogen (secondary N) is 1. The Hall–Kier alpha value is -2.18. The molecule has 2 fully saturated rings. The van der Waals surface area contributed by atoms with Crippen LogP contribution in [-0.4, -0.2) is 52.3 Å². The van der Waals surface area contributed by atoms with Crippen molar-refractivity contribution in [3.05, 3.63) is 46.4 Å². The molecule has 2 aliphatic heterocycles. The van der Waals surface area contributed by atoms with E-state index in [1.54, 1.807) is 23.1 Å². The molecule has 0 unspecified atom stereocenters. The molecule has 6 heteroatoms. The zero-order valence-corrected chi connectivity index (χ0v) is 14.0. The lowest BCUT2D eigenvalue weighted by atomic mass is 9.82. The summed E-state index contributed by atoms with van der Waals surface area (Å²) in [6.45, 7) is 1.77. The topological polar surface area (TPSA) is 82.6 Å². The Morgan fingerprint density at radius 3 is 2.68 bits per heavy atom. The van der Waals surface area contributed by atoms with Crippen molar-refractivity contribution in [1.82, 2.24) is 9.88 Å². The van der Waals surface area contributed by atoms with E-state index in [4.69, 9.17) is 4.74 Å². The summed E-state index contributed by atoms with van der Waals surface area (Å²) in [6.07, 6.45) is 3.98. The van der Waals surface area contributed by atoms with Gasteiger partial charge in [0.1, 0.15) is 0 Å². The number of rotatable bonds is 1. The molecule has 0 radical (unpaired) electrons. The van der Waals surface area contributed by atoms with E-state index < -0.39 is 11.7 Å². The number of fused-ring (bicyclic) bond motifs is 1. The zero-order valence-electron chi connectivity index (χ0n) is 14.0. The number of aromatic amines is 1. The molecule has 0 aliphatic carbocycles. The maximum absolute atomic E-state index is 13.0. The second-order valence-electron chi connectivity index (χ2n) is 6.94. The molecule has 1 aromatic carbocycles. The van der Waals surface area contributed by atoms with Gasteiger partial charge in [0.2, 0.25) is 0 Å². The molecular formula is C19H22N2O4. The van der Waals surface area contributed by atoms with Gasteiger partial charge >= 0.3 is 0 Å². The highest BCUT2D eigenvalue weighted by atomic mass is 16.5. The predicted molar refractivity (Wildman–Crippen MR) is 93.6 cm³/mol. The van der Waals surface area contributed by atoms with Gasteiger partial charge in [-0.05, 0) is 31.7 Å². The van der Waals surface area contributed by atoms with Gasteiger partial charge in [-0.3, -0.25) is 9.59 Å². The Labute approximate surface area is 145 Å². The molecule has 0 bridgehead atoms. The Morgan fingerprint density at radius 2 is 1.96 bits per heavy atom. The largest absolute Gasteiger partial charge is 0.390 e. The number of ether oxygens (including phenoxy) is 1. The maximum atomic E-state index is 13.0. The second kappa shape index (κ2) is 6.28. The van der Waals surface area contributed by atoms with Crippen LogP contribution in [0.15, 0.2) is 35.3 Å². The average Bonchev–Trinajstić information content (AvgIpc) is 2.65. The summed E-state index contributed by atoms with van der Waals surface area (Å²) in [5.41, 5.74) is -0.179. The predicted octanol–water partition coefficient (Wildman–Crippen LogP) is 1.67. The molecule has 0 saturated carbocycles. The highest BCUT2D eigenvalue weighted by Crippen LogP contribution is 2.35. The van der Waals surface area contributed by atoms with Crippen LogP contribution in [0.25, 0.3) is 10.8 Å². The van der Waals surface area contributed by atoms with E-state index in [9.17, 15) is 14.7 Å². The minimum Gasteiger partial charge on any atom is -0.390 e. The van der Waals surface area contributed by atoms with Gasteiger partial charge in [-0.25, -0.2) is 0 Å². The van der Waals surface area contributed by atoms with E-state index in [1.165, 1.54) is 6.20 Å². The lowest BCUT2D eigenvalue weighted by Gasteiger charge is -2.46. The minimum atomic E-state index is -0.498. The summed E-state index contributed by atoms with van der Waals surface area (Å²) in [5.74, 6) is -0.0902. The number of piperidine rings is 1. The van der Waals surface area contributed by atoms with Crippen LogP contribution in [0.5, 0.6) is 0 Å². The van der Waals surface area contributed by atoms with Crippen LogP contribution >= 0.6 is 0 Å². The molecule has 132 valence electrons. The Bertz CT molecular complexity index is 852. The van der Waals surface area contributed by atoms with Crippen LogP contribution in [0.1, 0.15) is 36.0 Å². The molecule has 1 spiro atoms. The van der Waals surface area contributed by atoms with Gasteiger partial charge < -0.3 is 19.7 Å². The second-order valence-corrected chi connectivity index (χ2v) is 6.94. The van der Waals surface area contributed by atoms with Gasteiger partial charge in [-0.1, -0.05) is 18.2 Å². The fourth-order valence-electron chi connectivity index (χ4n) is 4.03. The number of aromatic nitrogens is 1. The third-order valence-electron chi connectivity index (χ3n) is 5.56. The highest BCUT2D eigenvalue weighted by Gasteiger charge is 2.44. The number of nitrogens with zero attached hydrogens (tertiary/aromatic N) is 1. The first kappa shape index (κ1) is 16.3. The van der Waals surface area contributed by atoms with Gasteiger partial charge in [0.05, 0.1) is 17.3 Å². The molecule has 6 nitrogen and oxygen atoms in total. The summed E-state index contributed by atoms with van der Waals surface area (Å²) < 4.78 is 5.90. The fourth-order valence-corrected chi connectivity index (χ4v) is 4.03. The van der Waals surface area contributed by atoms with Crippen molar-refractivity contribution >= 4 is 16.7 Å². The summed E-state index contributed by atoms with van der Waals surface area (Å²) in [4.78, 5) is 29.4. The summed E-state index contributed by atoms with van der Waals surface area (Å²) >= 11 is 0. The first-order valence-corrected chi connectivity index (χ1v) is 8.82. The molecule has 3 heterocycles. The molecule has 2 N–H and O–H groups in total. The number of likely N-dealkylation sites (tertiary alicyclic amines) is 1. The molecule has 2 saturated heterocycles. The number of hydrogen-bond donors (Lipinski definition) is 2. The fraction of sp³-hybridized carbons (Fsp3) is 0.474. The van der Waals surface area contributed by atoms with Crippen LogP contribution in [0.2, 0.25) is 0 Å². The number of H-pyrrole nitrogens is 1. The lowest BCUT2D eigenvalue weighted by molar-refractivity contribution is -0.174. The van der Waals surface area contributed by atoms with E-state index in [1.807, 2.05) is 6.07 Å². The van der Waals surface area contributed by atoms with Gasteiger partial charge in [0.15, 0.2) is 0 Å². The van der Waals surface area contributed by atoms with Crippen molar-refractivity contribution in [2.75, 3.05) is 19.7 Å². The molecule has 1 aromatic heterocycles. The van der Waals surface area contributed by atoms with Crippen LogP contribution in [0.3, 0.4) is 0 Å². The average molecular weight is 342 g/mol. The van der Waals surface area contributed by atoms with Gasteiger partial charge in [-0.15, -0.1) is 0 Å². The molecule has 2 aliphatic rings. The molecule has 1 atom stereocenters. The minimum absolute atomic E-state index is 0.0902. The number of pyridine rings is 1. The Morgan fingerprint density at radius 1 is 1.24 bits per heavy atom. The number of benzene rings is 1. The molecule has 25 heavy (non-hydrogen) atoms. The molecular weight excluding hydrogens is 320 g/mol. The van der Waals surface area contributed by atoms with Crippen molar-refractivity contribution in [2.45, 2.75) is 37.4 Å². The first-order chi connectivity index (χ1) is 12.1. The third kappa shape index (κ3) is 2.75. The Kier molecular flexibility index (Phi) is 4.09. The van der Waals surface area contributed by atoms with Gasteiger partial charge in [0.25, 0.3) is 11.5 Å². The van der Waals surface area contributed by atoms with Crippen LogP contribution < -0.4 is 5.56 Å². The normalized spacial score (nSPS) is 23.1. The van der Waals surface area contributed by atoms with E-state index in [0.717, 1.165) is 12.8 Å². The van der Waals surface area contributed by atoms with Crippen LogP contribution in [0.4, 0.5) is 0 Å². The van der Waals surface area contributed by atoms with Crippen molar-refractivity contribution < 1.29 is 14.6 Å². The summed E-state index contributed by atoms with van der Waals surface area (Å²) in [7, 11) is 0. The van der Waals surface area contributed by atoms with Crippen molar-refractivity contribution in [1.29, 1.82) is 0 Å². The zero-order chi connectivity index (χ0) is 17.4. The number of carbonyl (C=O) groups excluding carboxylic acids is 1. The lowest BCUT2D eigenvalue weighted by Crippen LogP contribution is -2.56. The maximum Gasteiger partial charge on any atom is 0.255 e. The highest BCUT2D eigenvalue weighted by molar-refractivity contribution is 6.06. The number of amides is 1. The molecule has 2 aromatic rings. The third-order valence-corrected chi connectivity index (χ3v) is 5.56. The van der Waals surface area contributed by atoms with E-state index >= 15 is 0 Å². The number of aliphatic hydroxyl groups excluding tert-OH is 1. The monoisotopic (exact) mass is 342 g/mol. The summed E-state index contributed by atoms with van der Waals surface area (Å²) in [6, 6.07) is 7.15. The van der Waals surface area contributed by atoms with Crippen molar-refractivity contribution in [3.8, 4) is 0 Å². The number of aliphatic hydroxyl groups is 1. The van der Waals surface area contributed by atoms with Crippen molar-refractivity contribution in [2.24, 2.45) is 0 Å². The SMILES string of the molecule is O=C(c1c[nH]c(=O)c2ccccc12)N1CCC2(CC1)OCCC[C@@H]2O. The molecule has 1 amide bonds.